The van der Waals surface area contributed by atoms with Crippen molar-refractivity contribution in [1.29, 1.82) is 0 Å². The fraction of sp³-hybridized carbons (Fsp3) is 0.333. The van der Waals surface area contributed by atoms with Crippen LogP contribution in [0.3, 0.4) is 0 Å². The monoisotopic (exact) mass is 419 g/mol. The molecule has 0 saturated carbocycles. The molecule has 29 heavy (non-hydrogen) atoms. The molecule has 0 saturated heterocycles. The molecule has 2 aromatic carbocycles. The largest absolute Gasteiger partial charge is 0.465 e. The van der Waals surface area contributed by atoms with Crippen LogP contribution in [0.4, 0.5) is 0 Å². The van der Waals surface area contributed by atoms with Crippen molar-refractivity contribution in [3.05, 3.63) is 65.7 Å². The van der Waals surface area contributed by atoms with E-state index in [2.05, 4.69) is 4.72 Å². The lowest BCUT2D eigenvalue weighted by molar-refractivity contribution is -0.163. The molecule has 0 spiro atoms. The van der Waals surface area contributed by atoms with Gasteiger partial charge in [0.2, 0.25) is 10.0 Å². The first kappa shape index (κ1) is 22.6. The molecule has 1 atom stereocenters. The summed E-state index contributed by atoms with van der Waals surface area (Å²) in [4.78, 5) is 25.2. The highest BCUT2D eigenvalue weighted by Crippen LogP contribution is 2.27. The highest BCUT2D eigenvalue weighted by atomic mass is 32.2. The molecule has 0 heterocycles. The number of sulfonamides is 1. The van der Waals surface area contributed by atoms with Gasteiger partial charge in [0.15, 0.2) is 5.92 Å². The van der Waals surface area contributed by atoms with Gasteiger partial charge in [0.05, 0.1) is 24.2 Å². The first-order valence-electron chi connectivity index (χ1n) is 9.27. The van der Waals surface area contributed by atoms with Crippen LogP contribution in [0.25, 0.3) is 0 Å². The number of nitrogens with one attached hydrogen (secondary N) is 1. The minimum Gasteiger partial charge on any atom is -0.465 e. The summed E-state index contributed by atoms with van der Waals surface area (Å²) in [5.74, 6) is -3.20. The van der Waals surface area contributed by atoms with Gasteiger partial charge >= 0.3 is 11.9 Å². The Morgan fingerprint density at radius 2 is 1.41 bits per heavy atom. The molecule has 7 nitrogen and oxygen atoms in total. The van der Waals surface area contributed by atoms with Gasteiger partial charge in [-0.15, -0.1) is 0 Å². The molecule has 0 aliphatic rings. The van der Waals surface area contributed by atoms with Crippen LogP contribution < -0.4 is 4.72 Å². The highest BCUT2D eigenvalue weighted by Gasteiger charge is 2.40. The van der Waals surface area contributed by atoms with E-state index in [0.717, 1.165) is 5.56 Å². The van der Waals surface area contributed by atoms with Crippen molar-refractivity contribution in [3.63, 3.8) is 0 Å². The Morgan fingerprint density at radius 1 is 0.897 bits per heavy atom. The van der Waals surface area contributed by atoms with Crippen LogP contribution in [0.2, 0.25) is 0 Å². The maximum atomic E-state index is 13.0. The molecular formula is C21H25NO6S. The molecule has 0 radical (unpaired) electrons. The molecule has 2 aromatic rings. The molecule has 0 bridgehead atoms. The number of benzene rings is 2. The molecule has 0 aliphatic heterocycles. The van der Waals surface area contributed by atoms with Gasteiger partial charge in [-0.2, -0.15) is 0 Å². The van der Waals surface area contributed by atoms with Crippen LogP contribution in [0.1, 0.15) is 31.0 Å². The third-order valence-corrected chi connectivity index (χ3v) is 5.64. The number of hydrogen-bond donors (Lipinski definition) is 1. The zero-order valence-electron chi connectivity index (χ0n) is 16.6. The van der Waals surface area contributed by atoms with E-state index in [1.807, 2.05) is 6.92 Å². The van der Waals surface area contributed by atoms with Gasteiger partial charge in [-0.1, -0.05) is 48.0 Å². The summed E-state index contributed by atoms with van der Waals surface area (Å²) in [5, 5.41) is 0. The summed E-state index contributed by atoms with van der Waals surface area (Å²) in [6, 6.07) is 13.5. The van der Waals surface area contributed by atoms with Crippen LogP contribution in [0.5, 0.6) is 0 Å². The zero-order chi connectivity index (χ0) is 21.4. The van der Waals surface area contributed by atoms with E-state index in [0.29, 0.717) is 5.56 Å². The fourth-order valence-electron chi connectivity index (χ4n) is 2.77. The summed E-state index contributed by atoms with van der Waals surface area (Å²) in [6.07, 6.45) is 0. The van der Waals surface area contributed by atoms with Crippen LogP contribution >= 0.6 is 0 Å². The van der Waals surface area contributed by atoms with Gasteiger partial charge in [-0.3, -0.25) is 9.59 Å². The molecule has 0 aromatic heterocycles. The summed E-state index contributed by atoms with van der Waals surface area (Å²) in [5.41, 5.74) is 1.34. The van der Waals surface area contributed by atoms with Crippen LogP contribution in [-0.2, 0) is 29.1 Å². The summed E-state index contributed by atoms with van der Waals surface area (Å²) in [7, 11) is -4.03. The second-order valence-corrected chi connectivity index (χ2v) is 8.02. The molecular weight excluding hydrogens is 394 g/mol. The number of hydrogen-bond acceptors (Lipinski definition) is 6. The topological polar surface area (TPSA) is 98.8 Å². The SMILES string of the molecule is CCOC(=O)C(C(=O)OCC)[C@H](NS(=O)(=O)c1ccc(C)cc1)c1ccccc1. The third kappa shape index (κ3) is 5.88. The Labute approximate surface area is 171 Å². The zero-order valence-corrected chi connectivity index (χ0v) is 17.4. The second-order valence-electron chi connectivity index (χ2n) is 6.30. The predicted octanol–water partition coefficient (Wildman–Crippen LogP) is 2.76. The molecule has 0 aliphatic carbocycles. The van der Waals surface area contributed by atoms with E-state index in [9.17, 15) is 18.0 Å². The normalized spacial score (nSPS) is 12.4. The average Bonchev–Trinajstić information content (AvgIpc) is 2.69. The smallest absolute Gasteiger partial charge is 0.322 e. The number of carbonyl (C=O) groups excluding carboxylic acids is 2. The van der Waals surface area contributed by atoms with Gasteiger partial charge in [0.1, 0.15) is 0 Å². The Hall–Kier alpha value is -2.71. The second kappa shape index (κ2) is 10.2. The fourth-order valence-corrected chi connectivity index (χ4v) is 4.01. The van der Waals surface area contributed by atoms with E-state index in [4.69, 9.17) is 9.47 Å². The van der Waals surface area contributed by atoms with Crippen molar-refractivity contribution in [2.24, 2.45) is 5.92 Å². The number of aryl methyl sites for hydroxylation is 1. The summed E-state index contributed by atoms with van der Waals surface area (Å²) < 4.78 is 38.5. The van der Waals surface area contributed by atoms with Crippen LogP contribution in [0.15, 0.2) is 59.5 Å². The highest BCUT2D eigenvalue weighted by molar-refractivity contribution is 7.89. The number of ether oxygens (including phenoxy) is 2. The van der Waals surface area contributed by atoms with E-state index in [1.165, 1.54) is 12.1 Å². The van der Waals surface area contributed by atoms with Crippen molar-refractivity contribution < 1.29 is 27.5 Å². The Bertz CT molecular complexity index is 907. The summed E-state index contributed by atoms with van der Waals surface area (Å²) >= 11 is 0. The number of carbonyl (C=O) groups is 2. The first-order valence-corrected chi connectivity index (χ1v) is 10.8. The molecule has 1 N–H and O–H groups in total. The lowest BCUT2D eigenvalue weighted by Crippen LogP contribution is -2.42. The van der Waals surface area contributed by atoms with Gasteiger partial charge in [-0.05, 0) is 38.5 Å². The molecule has 0 fully saturated rings. The van der Waals surface area contributed by atoms with Crippen LogP contribution in [-0.4, -0.2) is 33.6 Å². The minimum absolute atomic E-state index is 0.0236. The third-order valence-electron chi connectivity index (χ3n) is 4.19. The van der Waals surface area contributed by atoms with Gasteiger partial charge in [0, 0.05) is 0 Å². The van der Waals surface area contributed by atoms with Crippen LogP contribution in [0, 0.1) is 12.8 Å². The van der Waals surface area contributed by atoms with Crippen molar-refractivity contribution in [3.8, 4) is 0 Å². The van der Waals surface area contributed by atoms with Crippen molar-refractivity contribution >= 4 is 22.0 Å². The predicted molar refractivity (Wildman–Crippen MR) is 107 cm³/mol. The molecule has 156 valence electrons. The maximum Gasteiger partial charge on any atom is 0.322 e. The molecule has 2 rings (SSSR count). The Balaban J connectivity index is 2.51. The Kier molecular flexibility index (Phi) is 7.92. The maximum absolute atomic E-state index is 13.0. The summed E-state index contributed by atoms with van der Waals surface area (Å²) in [6.45, 7) is 5.14. The number of rotatable bonds is 9. The van der Waals surface area contributed by atoms with E-state index in [-0.39, 0.29) is 18.1 Å². The Morgan fingerprint density at radius 3 is 1.90 bits per heavy atom. The standard InChI is InChI=1S/C21H25NO6S/c1-4-27-20(23)18(21(24)28-5-2)19(16-9-7-6-8-10-16)22-29(25,26)17-13-11-15(3)12-14-17/h6-14,18-19,22H,4-5H2,1-3H3/t19-/m1/s1. The van der Waals surface area contributed by atoms with Crippen molar-refractivity contribution in [2.45, 2.75) is 31.7 Å². The lowest BCUT2D eigenvalue weighted by atomic mass is 9.94. The van der Waals surface area contributed by atoms with Crippen molar-refractivity contribution in [1.82, 2.24) is 4.72 Å². The van der Waals surface area contributed by atoms with E-state index >= 15 is 0 Å². The average molecular weight is 419 g/mol. The molecule has 0 unspecified atom stereocenters. The van der Waals surface area contributed by atoms with E-state index < -0.39 is 33.9 Å². The van der Waals surface area contributed by atoms with Gasteiger partial charge < -0.3 is 9.47 Å². The quantitative estimate of drug-likeness (QED) is 0.496. The lowest BCUT2D eigenvalue weighted by Gasteiger charge is -2.25. The van der Waals surface area contributed by atoms with Gasteiger partial charge in [0.25, 0.3) is 0 Å². The minimum atomic E-state index is -4.03. The number of esters is 2. The molecule has 0 amide bonds. The molecule has 8 heteroatoms. The van der Waals surface area contributed by atoms with Gasteiger partial charge in [-0.25, -0.2) is 13.1 Å². The first-order chi connectivity index (χ1) is 13.8. The van der Waals surface area contributed by atoms with Crippen molar-refractivity contribution in [2.75, 3.05) is 13.2 Å². The van der Waals surface area contributed by atoms with E-state index in [1.54, 1.807) is 56.3 Å².